The summed E-state index contributed by atoms with van der Waals surface area (Å²) in [6, 6.07) is 0.391. The van der Waals surface area contributed by atoms with Crippen LogP contribution in [0.3, 0.4) is 0 Å². The number of aromatic nitrogens is 3. The lowest BCUT2D eigenvalue weighted by Crippen LogP contribution is -2.00. The highest BCUT2D eigenvalue weighted by atomic mass is 79.9. The smallest absolute Gasteiger partial charge is 0.0960 e. The zero-order chi connectivity index (χ0) is 8.43. The number of nitrogens with zero attached hydrogens (tertiary/aromatic N) is 3. The molecule has 0 radical (unpaired) electrons. The molecule has 0 spiro atoms. The van der Waals surface area contributed by atoms with Crippen LogP contribution in [-0.2, 0) is 0 Å². The van der Waals surface area contributed by atoms with Gasteiger partial charge in [-0.15, -0.1) is 5.10 Å². The summed E-state index contributed by atoms with van der Waals surface area (Å²) in [7, 11) is 0. The lowest BCUT2D eigenvalue weighted by molar-refractivity contribution is 0.514. The molecule has 1 aromatic heterocycles. The Morgan fingerprint density at radius 1 is 1.45 bits per heavy atom. The van der Waals surface area contributed by atoms with Crippen molar-refractivity contribution in [1.29, 1.82) is 0 Å². The molecule has 1 unspecified atom stereocenters. The highest BCUT2D eigenvalue weighted by Gasteiger charge is 2.06. The molecule has 62 valence electrons. The van der Waals surface area contributed by atoms with Crippen molar-refractivity contribution in [3.8, 4) is 0 Å². The van der Waals surface area contributed by atoms with Crippen LogP contribution in [0, 0.1) is 0 Å². The molecule has 1 aromatic rings. The van der Waals surface area contributed by atoms with Crippen LogP contribution in [0.25, 0.3) is 0 Å². The molecule has 0 saturated carbocycles. The van der Waals surface area contributed by atoms with Gasteiger partial charge in [0.25, 0.3) is 0 Å². The Balaban J connectivity index is 2.82. The van der Waals surface area contributed by atoms with E-state index in [1.54, 1.807) is 0 Å². The Morgan fingerprint density at radius 3 is 2.36 bits per heavy atom. The van der Waals surface area contributed by atoms with E-state index in [-0.39, 0.29) is 4.83 Å². The maximum absolute atomic E-state index is 4.00. The molecule has 0 N–H and O–H groups in total. The van der Waals surface area contributed by atoms with Gasteiger partial charge in [-0.05, 0) is 20.8 Å². The summed E-state index contributed by atoms with van der Waals surface area (Å²) in [4.78, 5) is 0.287. The van der Waals surface area contributed by atoms with E-state index in [9.17, 15) is 0 Å². The van der Waals surface area contributed by atoms with E-state index >= 15 is 0 Å². The topological polar surface area (TPSA) is 30.7 Å². The summed E-state index contributed by atoms with van der Waals surface area (Å²) in [6.07, 6.45) is 1.96. The van der Waals surface area contributed by atoms with Crippen LogP contribution >= 0.6 is 15.9 Å². The van der Waals surface area contributed by atoms with Crippen molar-refractivity contribution in [1.82, 2.24) is 15.0 Å². The second-order valence-electron chi connectivity index (χ2n) is 2.83. The number of hydrogen-bond donors (Lipinski definition) is 0. The largest absolute Gasteiger partial charge is 0.250 e. The van der Waals surface area contributed by atoms with Gasteiger partial charge in [0.15, 0.2) is 0 Å². The number of alkyl halides is 1. The van der Waals surface area contributed by atoms with Crippen molar-refractivity contribution in [3.63, 3.8) is 0 Å². The predicted octanol–water partition coefficient (Wildman–Crippen LogP) is 2.31. The quantitative estimate of drug-likeness (QED) is 0.713. The Hall–Kier alpha value is -0.380. The lowest BCUT2D eigenvalue weighted by Gasteiger charge is -2.01. The molecule has 1 rings (SSSR count). The van der Waals surface area contributed by atoms with Gasteiger partial charge in [0.1, 0.15) is 0 Å². The standard InChI is InChI=1S/C7H12BrN3/c1-5(2)11-4-7(6(3)8)9-10-11/h4-6H,1-3H3. The van der Waals surface area contributed by atoms with E-state index in [2.05, 4.69) is 40.1 Å². The highest BCUT2D eigenvalue weighted by Crippen LogP contribution is 2.18. The van der Waals surface area contributed by atoms with Crippen molar-refractivity contribution in [2.75, 3.05) is 0 Å². The fraction of sp³-hybridized carbons (Fsp3) is 0.714. The van der Waals surface area contributed by atoms with E-state index < -0.39 is 0 Å². The first-order valence-corrected chi connectivity index (χ1v) is 4.58. The summed E-state index contributed by atoms with van der Waals surface area (Å²) in [5.74, 6) is 0. The lowest BCUT2D eigenvalue weighted by atomic mass is 10.3. The first-order valence-electron chi connectivity index (χ1n) is 3.67. The van der Waals surface area contributed by atoms with Crippen LogP contribution in [0.2, 0.25) is 0 Å². The van der Waals surface area contributed by atoms with Gasteiger partial charge in [-0.1, -0.05) is 21.1 Å². The van der Waals surface area contributed by atoms with Gasteiger partial charge >= 0.3 is 0 Å². The average molecular weight is 218 g/mol. The molecule has 0 saturated heterocycles. The second kappa shape index (κ2) is 3.34. The fourth-order valence-corrected chi connectivity index (χ4v) is 0.935. The third-order valence-electron chi connectivity index (χ3n) is 1.46. The summed E-state index contributed by atoms with van der Waals surface area (Å²) in [5, 5.41) is 7.98. The fourth-order valence-electron chi connectivity index (χ4n) is 0.725. The average Bonchev–Trinajstić information content (AvgIpc) is 2.33. The molecule has 0 aliphatic carbocycles. The van der Waals surface area contributed by atoms with Crippen molar-refractivity contribution in [2.45, 2.75) is 31.6 Å². The minimum atomic E-state index is 0.287. The molecule has 0 amide bonds. The summed E-state index contributed by atoms with van der Waals surface area (Å²) < 4.78 is 1.85. The molecule has 4 heteroatoms. The molecular formula is C7H12BrN3. The van der Waals surface area contributed by atoms with Crippen LogP contribution < -0.4 is 0 Å². The van der Waals surface area contributed by atoms with E-state index in [0.717, 1.165) is 5.69 Å². The number of rotatable bonds is 2. The molecule has 0 aromatic carbocycles. The van der Waals surface area contributed by atoms with E-state index in [1.807, 2.05) is 17.8 Å². The van der Waals surface area contributed by atoms with E-state index in [1.165, 1.54) is 0 Å². The number of halogens is 1. The molecule has 0 fully saturated rings. The molecule has 1 atom stereocenters. The number of hydrogen-bond acceptors (Lipinski definition) is 2. The van der Waals surface area contributed by atoms with Crippen LogP contribution in [0.1, 0.15) is 37.3 Å². The third kappa shape index (κ3) is 2.02. The van der Waals surface area contributed by atoms with Crippen molar-refractivity contribution >= 4 is 15.9 Å². The van der Waals surface area contributed by atoms with Gasteiger partial charge in [-0.2, -0.15) is 0 Å². The molecule has 0 aliphatic heterocycles. The molecule has 1 heterocycles. The first-order chi connectivity index (χ1) is 5.11. The molecule has 0 bridgehead atoms. The van der Waals surface area contributed by atoms with Crippen LogP contribution in [0.15, 0.2) is 6.20 Å². The normalized spacial score (nSPS) is 13.9. The summed E-state index contributed by atoms with van der Waals surface area (Å²) in [6.45, 7) is 6.20. The SMILES string of the molecule is CC(Br)c1cn(C(C)C)nn1. The zero-order valence-electron chi connectivity index (χ0n) is 6.95. The van der Waals surface area contributed by atoms with Gasteiger partial charge in [0, 0.05) is 12.2 Å². The summed E-state index contributed by atoms with van der Waals surface area (Å²) >= 11 is 3.43. The Morgan fingerprint density at radius 2 is 2.09 bits per heavy atom. The maximum Gasteiger partial charge on any atom is 0.0960 e. The second-order valence-corrected chi connectivity index (χ2v) is 4.21. The van der Waals surface area contributed by atoms with E-state index in [0.29, 0.717) is 6.04 Å². The van der Waals surface area contributed by atoms with Gasteiger partial charge < -0.3 is 0 Å². The van der Waals surface area contributed by atoms with Crippen LogP contribution in [-0.4, -0.2) is 15.0 Å². The Bertz CT molecular complexity index is 207. The Labute approximate surface area is 74.9 Å². The molecule has 0 aliphatic rings. The predicted molar refractivity (Wildman–Crippen MR) is 47.7 cm³/mol. The summed E-state index contributed by atoms with van der Waals surface area (Å²) in [5.41, 5.74) is 0.985. The van der Waals surface area contributed by atoms with Crippen molar-refractivity contribution in [2.24, 2.45) is 0 Å². The first kappa shape index (κ1) is 8.71. The van der Waals surface area contributed by atoms with Gasteiger partial charge in [0.2, 0.25) is 0 Å². The van der Waals surface area contributed by atoms with Gasteiger partial charge in [-0.25, -0.2) is 4.68 Å². The zero-order valence-corrected chi connectivity index (χ0v) is 8.54. The Kier molecular flexibility index (Phi) is 2.65. The third-order valence-corrected chi connectivity index (χ3v) is 1.93. The highest BCUT2D eigenvalue weighted by molar-refractivity contribution is 9.09. The minimum absolute atomic E-state index is 0.287. The van der Waals surface area contributed by atoms with Crippen molar-refractivity contribution < 1.29 is 0 Å². The molecule has 11 heavy (non-hydrogen) atoms. The van der Waals surface area contributed by atoms with Gasteiger partial charge in [0.05, 0.1) is 10.5 Å². The molecular weight excluding hydrogens is 206 g/mol. The van der Waals surface area contributed by atoms with Crippen LogP contribution in [0.4, 0.5) is 0 Å². The van der Waals surface area contributed by atoms with Crippen molar-refractivity contribution in [3.05, 3.63) is 11.9 Å². The van der Waals surface area contributed by atoms with Crippen LogP contribution in [0.5, 0.6) is 0 Å². The monoisotopic (exact) mass is 217 g/mol. The minimum Gasteiger partial charge on any atom is -0.250 e. The molecule has 3 nitrogen and oxygen atoms in total. The van der Waals surface area contributed by atoms with Gasteiger partial charge in [-0.3, -0.25) is 0 Å². The van der Waals surface area contributed by atoms with E-state index in [4.69, 9.17) is 0 Å². The maximum atomic E-state index is 4.00.